The number of thiazole rings is 1. The summed E-state index contributed by atoms with van der Waals surface area (Å²) in [4.78, 5) is 4.68. The average molecular weight is 279 g/mol. The van der Waals surface area contributed by atoms with Crippen LogP contribution in [0.1, 0.15) is 56.9 Å². The molecule has 2 rings (SSSR count). The first kappa shape index (κ1) is 14.0. The largest absolute Gasteiger partial charge is 0.381 e. The van der Waals surface area contributed by atoms with E-state index < -0.39 is 0 Å². The Morgan fingerprint density at radius 3 is 2.58 bits per heavy atom. The van der Waals surface area contributed by atoms with Crippen LogP contribution in [0.4, 0.5) is 5.82 Å². The van der Waals surface area contributed by atoms with Crippen LogP contribution in [0, 0.1) is 0 Å². The van der Waals surface area contributed by atoms with Crippen molar-refractivity contribution >= 4 is 17.2 Å². The zero-order valence-corrected chi connectivity index (χ0v) is 13.0. The van der Waals surface area contributed by atoms with Crippen molar-refractivity contribution in [1.82, 2.24) is 20.0 Å². The second kappa shape index (κ2) is 4.92. The second-order valence-electron chi connectivity index (χ2n) is 6.05. The lowest BCUT2D eigenvalue weighted by atomic mass is 9.93. The maximum Gasteiger partial charge on any atom is 0.169 e. The van der Waals surface area contributed by atoms with Gasteiger partial charge in [-0.2, -0.15) is 0 Å². The number of hydrogen-bond donors (Lipinski definition) is 1. The number of aromatic nitrogens is 4. The molecular weight excluding hydrogens is 258 g/mol. The number of nitrogen functional groups attached to an aromatic ring is 1. The molecule has 0 unspecified atom stereocenters. The molecule has 0 aromatic carbocycles. The SMILES string of the molecule is CC(C)c1c(N)nnn1Cc1nc(C(C)(C)C)cs1. The van der Waals surface area contributed by atoms with Crippen LogP contribution in [0.15, 0.2) is 5.38 Å². The minimum absolute atomic E-state index is 0.0804. The maximum absolute atomic E-state index is 5.86. The molecule has 0 radical (unpaired) electrons. The number of anilines is 1. The first-order chi connectivity index (χ1) is 8.79. The van der Waals surface area contributed by atoms with Crippen LogP contribution in [0.25, 0.3) is 0 Å². The molecule has 2 aromatic rings. The molecule has 0 aliphatic heterocycles. The van der Waals surface area contributed by atoms with E-state index in [4.69, 9.17) is 5.73 Å². The summed E-state index contributed by atoms with van der Waals surface area (Å²) in [6.45, 7) is 11.3. The van der Waals surface area contributed by atoms with Crippen LogP contribution in [0.5, 0.6) is 0 Å². The van der Waals surface area contributed by atoms with Gasteiger partial charge < -0.3 is 5.73 Å². The van der Waals surface area contributed by atoms with E-state index in [0.29, 0.717) is 18.3 Å². The molecule has 2 heterocycles. The Bertz CT molecular complexity index is 562. The molecule has 0 atom stereocenters. The van der Waals surface area contributed by atoms with E-state index in [1.807, 2.05) is 4.68 Å². The Balaban J connectivity index is 2.25. The highest BCUT2D eigenvalue weighted by atomic mass is 32.1. The van der Waals surface area contributed by atoms with E-state index in [0.717, 1.165) is 16.4 Å². The van der Waals surface area contributed by atoms with Gasteiger partial charge in [0.2, 0.25) is 0 Å². The summed E-state index contributed by atoms with van der Waals surface area (Å²) in [6.07, 6.45) is 0. The fraction of sp³-hybridized carbons (Fsp3) is 0.615. The molecule has 5 nitrogen and oxygen atoms in total. The molecule has 104 valence electrons. The number of rotatable bonds is 3. The van der Waals surface area contributed by atoms with Crippen molar-refractivity contribution in [2.45, 2.75) is 52.5 Å². The normalized spacial score (nSPS) is 12.3. The molecule has 0 spiro atoms. The highest BCUT2D eigenvalue weighted by Crippen LogP contribution is 2.25. The van der Waals surface area contributed by atoms with Crippen molar-refractivity contribution in [2.24, 2.45) is 0 Å². The van der Waals surface area contributed by atoms with Gasteiger partial charge in [-0.1, -0.05) is 39.8 Å². The zero-order chi connectivity index (χ0) is 14.2. The Hall–Kier alpha value is -1.43. The van der Waals surface area contributed by atoms with Crippen molar-refractivity contribution in [3.63, 3.8) is 0 Å². The number of nitrogens with zero attached hydrogens (tertiary/aromatic N) is 4. The molecule has 0 aliphatic carbocycles. The van der Waals surface area contributed by atoms with Crippen LogP contribution in [-0.4, -0.2) is 20.0 Å². The molecule has 2 N–H and O–H groups in total. The molecular formula is C13H21N5S. The van der Waals surface area contributed by atoms with Crippen LogP contribution < -0.4 is 5.73 Å². The van der Waals surface area contributed by atoms with E-state index in [1.54, 1.807) is 11.3 Å². The van der Waals surface area contributed by atoms with Crippen molar-refractivity contribution < 1.29 is 0 Å². The third-order valence-electron chi connectivity index (χ3n) is 2.95. The first-order valence-electron chi connectivity index (χ1n) is 6.42. The predicted molar refractivity (Wildman–Crippen MR) is 78.4 cm³/mol. The van der Waals surface area contributed by atoms with E-state index in [-0.39, 0.29) is 5.41 Å². The standard InChI is InChI=1S/C13H21N5S/c1-8(2)11-12(14)16-17-18(11)6-10-15-9(7-19-10)13(3,4)5/h7-8H,6,14H2,1-5H3. The van der Waals surface area contributed by atoms with Gasteiger partial charge in [0.05, 0.1) is 17.9 Å². The lowest BCUT2D eigenvalue weighted by Gasteiger charge is -2.14. The van der Waals surface area contributed by atoms with Gasteiger partial charge in [-0.15, -0.1) is 16.4 Å². The number of hydrogen-bond acceptors (Lipinski definition) is 5. The fourth-order valence-corrected chi connectivity index (χ4v) is 2.90. The number of nitrogens with two attached hydrogens (primary N) is 1. The van der Waals surface area contributed by atoms with Gasteiger partial charge in [-0.25, -0.2) is 9.67 Å². The monoisotopic (exact) mass is 279 g/mol. The molecule has 0 saturated heterocycles. The molecule has 2 aromatic heterocycles. The lowest BCUT2D eigenvalue weighted by molar-refractivity contribution is 0.561. The summed E-state index contributed by atoms with van der Waals surface area (Å²) in [5.74, 6) is 0.819. The van der Waals surface area contributed by atoms with Crippen molar-refractivity contribution in [3.8, 4) is 0 Å². The topological polar surface area (TPSA) is 69.6 Å². The van der Waals surface area contributed by atoms with E-state index in [9.17, 15) is 0 Å². The first-order valence-corrected chi connectivity index (χ1v) is 7.30. The molecule has 19 heavy (non-hydrogen) atoms. The van der Waals surface area contributed by atoms with Gasteiger partial charge in [0.1, 0.15) is 5.01 Å². The minimum atomic E-state index is 0.0804. The third kappa shape index (κ3) is 2.94. The van der Waals surface area contributed by atoms with Crippen LogP contribution in [0.3, 0.4) is 0 Å². The van der Waals surface area contributed by atoms with Gasteiger partial charge in [-0.3, -0.25) is 0 Å². The Labute approximate surface area is 117 Å². The van der Waals surface area contributed by atoms with Crippen molar-refractivity contribution in [1.29, 1.82) is 0 Å². The summed E-state index contributed by atoms with van der Waals surface area (Å²) in [5, 5.41) is 11.2. The third-order valence-corrected chi connectivity index (χ3v) is 3.79. The van der Waals surface area contributed by atoms with E-state index >= 15 is 0 Å². The zero-order valence-electron chi connectivity index (χ0n) is 12.1. The maximum atomic E-state index is 5.86. The summed E-state index contributed by atoms with van der Waals surface area (Å²) >= 11 is 1.66. The van der Waals surface area contributed by atoms with Gasteiger partial charge >= 0.3 is 0 Å². The fourth-order valence-electron chi connectivity index (χ4n) is 1.90. The Morgan fingerprint density at radius 1 is 1.37 bits per heavy atom. The predicted octanol–water partition coefficient (Wildman–Crippen LogP) is 2.79. The minimum Gasteiger partial charge on any atom is -0.381 e. The molecule has 0 saturated carbocycles. The van der Waals surface area contributed by atoms with E-state index in [1.165, 1.54) is 0 Å². The van der Waals surface area contributed by atoms with Gasteiger partial charge in [-0.05, 0) is 5.92 Å². The van der Waals surface area contributed by atoms with E-state index in [2.05, 4.69) is 55.3 Å². The molecule has 0 amide bonds. The molecule has 0 aliphatic rings. The Kier molecular flexibility index (Phi) is 3.62. The highest BCUT2D eigenvalue weighted by molar-refractivity contribution is 7.09. The van der Waals surface area contributed by atoms with Crippen molar-refractivity contribution in [3.05, 3.63) is 21.8 Å². The molecule has 0 bridgehead atoms. The second-order valence-corrected chi connectivity index (χ2v) is 6.99. The van der Waals surface area contributed by atoms with Crippen LogP contribution in [-0.2, 0) is 12.0 Å². The Morgan fingerprint density at radius 2 is 2.05 bits per heavy atom. The highest BCUT2D eigenvalue weighted by Gasteiger charge is 2.19. The quantitative estimate of drug-likeness (QED) is 0.938. The molecule has 6 heteroatoms. The average Bonchev–Trinajstić information content (AvgIpc) is 2.85. The van der Waals surface area contributed by atoms with Gasteiger partial charge in [0.15, 0.2) is 5.82 Å². The summed E-state index contributed by atoms with van der Waals surface area (Å²) < 4.78 is 1.85. The van der Waals surface area contributed by atoms with Crippen LogP contribution >= 0.6 is 11.3 Å². The summed E-state index contributed by atoms with van der Waals surface area (Å²) in [5.41, 5.74) is 8.04. The van der Waals surface area contributed by atoms with Crippen LogP contribution in [0.2, 0.25) is 0 Å². The van der Waals surface area contributed by atoms with Gasteiger partial charge in [0.25, 0.3) is 0 Å². The summed E-state index contributed by atoms with van der Waals surface area (Å²) in [7, 11) is 0. The smallest absolute Gasteiger partial charge is 0.169 e. The molecule has 0 fully saturated rings. The summed E-state index contributed by atoms with van der Waals surface area (Å²) in [6, 6.07) is 0. The van der Waals surface area contributed by atoms with Crippen molar-refractivity contribution in [2.75, 3.05) is 5.73 Å². The van der Waals surface area contributed by atoms with Gasteiger partial charge in [0, 0.05) is 10.8 Å². The lowest BCUT2D eigenvalue weighted by Crippen LogP contribution is -2.13.